The van der Waals surface area contributed by atoms with Crippen LogP contribution in [0.2, 0.25) is 0 Å². The number of rotatable bonds is 2. The van der Waals surface area contributed by atoms with Gasteiger partial charge in [0.05, 0.1) is 5.88 Å². The van der Waals surface area contributed by atoms with Crippen LogP contribution in [0.4, 0.5) is 10.2 Å². The van der Waals surface area contributed by atoms with Gasteiger partial charge in [0.15, 0.2) is 11.6 Å². The van der Waals surface area contributed by atoms with Gasteiger partial charge in [-0.1, -0.05) is 6.92 Å². The quantitative estimate of drug-likeness (QED) is 0.741. The average Bonchev–Trinajstić information content (AvgIpc) is 2.29. The van der Waals surface area contributed by atoms with Crippen LogP contribution in [0.15, 0.2) is 12.3 Å². The zero-order valence-corrected chi connectivity index (χ0v) is 10.2. The third-order valence-electron chi connectivity index (χ3n) is 3.05. The van der Waals surface area contributed by atoms with Gasteiger partial charge in [0.25, 0.3) is 0 Å². The van der Waals surface area contributed by atoms with Crippen LogP contribution in [0, 0.1) is 11.7 Å². The van der Waals surface area contributed by atoms with Crippen molar-refractivity contribution >= 4 is 17.4 Å². The Morgan fingerprint density at radius 2 is 2.44 bits per heavy atom. The van der Waals surface area contributed by atoms with Crippen LogP contribution in [0.25, 0.3) is 0 Å². The Morgan fingerprint density at radius 3 is 3.12 bits per heavy atom. The summed E-state index contributed by atoms with van der Waals surface area (Å²) >= 11 is 5.69. The van der Waals surface area contributed by atoms with E-state index in [4.69, 9.17) is 11.6 Å². The van der Waals surface area contributed by atoms with Gasteiger partial charge in [0.2, 0.25) is 0 Å². The molecule has 0 spiro atoms. The van der Waals surface area contributed by atoms with Gasteiger partial charge in [-0.25, -0.2) is 9.37 Å². The summed E-state index contributed by atoms with van der Waals surface area (Å²) in [4.78, 5) is 6.16. The fourth-order valence-electron chi connectivity index (χ4n) is 2.18. The Morgan fingerprint density at radius 1 is 1.62 bits per heavy atom. The third-order valence-corrected chi connectivity index (χ3v) is 3.34. The molecule has 1 saturated heterocycles. The first kappa shape index (κ1) is 11.6. The Labute approximate surface area is 100 Å². The molecule has 1 aromatic rings. The molecule has 0 N–H and O–H groups in total. The smallest absolute Gasteiger partial charge is 0.170 e. The largest absolute Gasteiger partial charge is 0.354 e. The predicted octanol–water partition coefficient (Wildman–Crippen LogP) is 3.20. The molecule has 1 fully saturated rings. The van der Waals surface area contributed by atoms with Crippen molar-refractivity contribution in [3.05, 3.63) is 23.6 Å². The van der Waals surface area contributed by atoms with Crippen LogP contribution in [0.5, 0.6) is 0 Å². The van der Waals surface area contributed by atoms with Crippen LogP contribution in [-0.2, 0) is 5.88 Å². The number of nitrogens with zero attached hydrogens (tertiary/aromatic N) is 2. The molecular weight excluding hydrogens is 227 g/mol. The first-order valence-electron chi connectivity index (χ1n) is 5.66. The van der Waals surface area contributed by atoms with Crippen molar-refractivity contribution in [2.24, 2.45) is 5.92 Å². The minimum atomic E-state index is -0.258. The van der Waals surface area contributed by atoms with Crippen LogP contribution in [-0.4, -0.2) is 18.1 Å². The number of halogens is 2. The van der Waals surface area contributed by atoms with Crippen LogP contribution < -0.4 is 4.90 Å². The van der Waals surface area contributed by atoms with Crippen molar-refractivity contribution < 1.29 is 4.39 Å². The van der Waals surface area contributed by atoms with Gasteiger partial charge in [0.1, 0.15) is 0 Å². The van der Waals surface area contributed by atoms with Gasteiger partial charge in [-0.2, -0.15) is 0 Å². The lowest BCUT2D eigenvalue weighted by Gasteiger charge is -2.32. The van der Waals surface area contributed by atoms with Crippen molar-refractivity contribution in [2.45, 2.75) is 25.6 Å². The summed E-state index contributed by atoms with van der Waals surface area (Å²) in [6.07, 6.45) is 3.95. The Balaban J connectivity index is 2.25. The van der Waals surface area contributed by atoms with Crippen molar-refractivity contribution in [3.8, 4) is 0 Å². The highest BCUT2D eigenvalue weighted by molar-refractivity contribution is 6.17. The molecule has 0 bridgehead atoms. The molecule has 2 nitrogen and oxygen atoms in total. The summed E-state index contributed by atoms with van der Waals surface area (Å²) < 4.78 is 14.0. The second-order valence-corrected chi connectivity index (χ2v) is 4.70. The van der Waals surface area contributed by atoms with E-state index in [-0.39, 0.29) is 11.7 Å². The number of pyridine rings is 1. The lowest BCUT2D eigenvalue weighted by atomic mass is 10.0. The summed E-state index contributed by atoms with van der Waals surface area (Å²) in [6, 6.07) is 1.64. The molecule has 2 rings (SSSR count). The molecule has 1 atom stereocenters. The van der Waals surface area contributed by atoms with Gasteiger partial charge in [0, 0.05) is 24.8 Å². The molecule has 1 aromatic heterocycles. The van der Waals surface area contributed by atoms with E-state index in [1.807, 2.05) is 4.90 Å². The Hall–Kier alpha value is -0.830. The van der Waals surface area contributed by atoms with Crippen molar-refractivity contribution in [1.29, 1.82) is 0 Å². The van der Waals surface area contributed by atoms with E-state index in [0.29, 0.717) is 17.3 Å². The zero-order valence-electron chi connectivity index (χ0n) is 9.42. The number of alkyl halides is 1. The predicted molar refractivity (Wildman–Crippen MR) is 64.4 cm³/mol. The number of hydrogen-bond donors (Lipinski definition) is 0. The van der Waals surface area contributed by atoms with Gasteiger partial charge < -0.3 is 4.90 Å². The minimum absolute atomic E-state index is 0.199. The van der Waals surface area contributed by atoms with Crippen molar-refractivity contribution in [3.63, 3.8) is 0 Å². The molecule has 0 radical (unpaired) electrons. The lowest BCUT2D eigenvalue weighted by Crippen LogP contribution is -2.35. The Kier molecular flexibility index (Phi) is 3.64. The zero-order chi connectivity index (χ0) is 11.5. The molecule has 0 aromatic carbocycles. The summed E-state index contributed by atoms with van der Waals surface area (Å²) in [7, 11) is 0. The summed E-state index contributed by atoms with van der Waals surface area (Å²) in [5, 5.41) is 0. The first-order chi connectivity index (χ1) is 7.72. The van der Waals surface area contributed by atoms with Gasteiger partial charge in [-0.3, -0.25) is 0 Å². The van der Waals surface area contributed by atoms with E-state index in [2.05, 4.69) is 11.9 Å². The monoisotopic (exact) mass is 242 g/mol. The molecule has 1 aliphatic heterocycles. The summed E-state index contributed by atoms with van der Waals surface area (Å²) in [6.45, 7) is 3.96. The molecule has 0 amide bonds. The third kappa shape index (κ3) is 2.29. The highest BCUT2D eigenvalue weighted by Gasteiger charge is 2.21. The van der Waals surface area contributed by atoms with Gasteiger partial charge in [-0.15, -0.1) is 11.6 Å². The summed E-state index contributed by atoms with van der Waals surface area (Å²) in [5.41, 5.74) is 0.532. The van der Waals surface area contributed by atoms with Crippen LogP contribution >= 0.6 is 11.6 Å². The number of aromatic nitrogens is 1. The molecule has 2 heterocycles. The SMILES string of the molecule is CC1CCCN(c2nccc(CCl)c2F)C1. The second-order valence-electron chi connectivity index (χ2n) is 4.43. The topological polar surface area (TPSA) is 16.1 Å². The maximum Gasteiger partial charge on any atom is 0.170 e. The summed E-state index contributed by atoms with van der Waals surface area (Å²) in [5.74, 6) is 1.01. The fraction of sp³-hybridized carbons (Fsp3) is 0.583. The van der Waals surface area contributed by atoms with Crippen molar-refractivity contribution in [2.75, 3.05) is 18.0 Å². The number of anilines is 1. The van der Waals surface area contributed by atoms with Crippen LogP contribution in [0.3, 0.4) is 0 Å². The van der Waals surface area contributed by atoms with E-state index in [1.54, 1.807) is 12.3 Å². The minimum Gasteiger partial charge on any atom is -0.354 e. The van der Waals surface area contributed by atoms with Gasteiger partial charge in [-0.05, 0) is 24.8 Å². The maximum atomic E-state index is 14.0. The second kappa shape index (κ2) is 5.00. The molecule has 1 aliphatic rings. The van der Waals surface area contributed by atoms with E-state index in [9.17, 15) is 4.39 Å². The molecule has 4 heteroatoms. The van der Waals surface area contributed by atoms with E-state index in [1.165, 1.54) is 6.42 Å². The van der Waals surface area contributed by atoms with E-state index in [0.717, 1.165) is 19.5 Å². The lowest BCUT2D eigenvalue weighted by molar-refractivity contribution is 0.438. The van der Waals surface area contributed by atoms with E-state index < -0.39 is 0 Å². The maximum absolute atomic E-state index is 14.0. The normalized spacial score (nSPS) is 21.2. The van der Waals surface area contributed by atoms with E-state index >= 15 is 0 Å². The average molecular weight is 243 g/mol. The van der Waals surface area contributed by atoms with Crippen LogP contribution in [0.1, 0.15) is 25.3 Å². The number of hydrogen-bond acceptors (Lipinski definition) is 2. The molecular formula is C12H16ClFN2. The molecule has 1 unspecified atom stereocenters. The standard InChI is InChI=1S/C12H16ClFN2/c1-9-3-2-6-16(8-9)12-11(14)10(7-13)4-5-15-12/h4-5,9H,2-3,6-8H2,1H3. The van der Waals surface area contributed by atoms with Crippen molar-refractivity contribution in [1.82, 2.24) is 4.98 Å². The Bertz CT molecular complexity index is 370. The molecule has 0 saturated carbocycles. The molecule has 16 heavy (non-hydrogen) atoms. The first-order valence-corrected chi connectivity index (χ1v) is 6.20. The van der Waals surface area contributed by atoms with Gasteiger partial charge >= 0.3 is 0 Å². The molecule has 88 valence electrons. The number of piperidine rings is 1. The molecule has 0 aliphatic carbocycles. The highest BCUT2D eigenvalue weighted by atomic mass is 35.5. The fourth-order valence-corrected chi connectivity index (χ4v) is 2.38. The highest BCUT2D eigenvalue weighted by Crippen LogP contribution is 2.25.